The molecule has 0 atom stereocenters. The second-order valence-electron chi connectivity index (χ2n) is 5.40. The molecule has 1 aliphatic rings. The topological polar surface area (TPSA) is 82.1 Å². The highest BCUT2D eigenvalue weighted by Crippen LogP contribution is 2.48. The molecule has 0 radical (unpaired) electrons. The van der Waals surface area contributed by atoms with Gasteiger partial charge in [0, 0.05) is 32.9 Å². The molecule has 3 rings (SSSR count). The number of hydrogen-bond donors (Lipinski definition) is 0. The maximum atomic E-state index is 12.1. The molecule has 2 aromatic rings. The van der Waals surface area contributed by atoms with E-state index in [-0.39, 0.29) is 5.91 Å². The monoisotopic (exact) mass is 341 g/mol. The maximum Gasteiger partial charge on any atom is 0.308 e. The van der Waals surface area contributed by atoms with E-state index < -0.39 is 11.9 Å². The summed E-state index contributed by atoms with van der Waals surface area (Å²) in [6, 6.07) is 9.48. The van der Waals surface area contributed by atoms with E-state index in [2.05, 4.69) is 0 Å². The van der Waals surface area contributed by atoms with Gasteiger partial charge in [-0.3, -0.25) is 19.3 Å². The van der Waals surface area contributed by atoms with Gasteiger partial charge in [0.05, 0.1) is 11.4 Å². The maximum absolute atomic E-state index is 12.1. The number of carbonyl (C=O) groups is 3. The summed E-state index contributed by atoms with van der Waals surface area (Å²) in [6.07, 6.45) is 0. The van der Waals surface area contributed by atoms with Crippen LogP contribution in [0.5, 0.6) is 23.0 Å². The van der Waals surface area contributed by atoms with Gasteiger partial charge in [-0.2, -0.15) is 0 Å². The number of fused-ring (bicyclic) bond motifs is 2. The van der Waals surface area contributed by atoms with Gasteiger partial charge in [-0.25, -0.2) is 0 Å². The Hall–Kier alpha value is -3.35. The highest BCUT2D eigenvalue weighted by molar-refractivity contribution is 6.03. The van der Waals surface area contributed by atoms with Crippen molar-refractivity contribution >= 4 is 29.2 Å². The van der Waals surface area contributed by atoms with Crippen LogP contribution in [0, 0.1) is 0 Å². The van der Waals surface area contributed by atoms with Gasteiger partial charge in [-0.1, -0.05) is 0 Å². The Morgan fingerprint density at radius 3 is 1.60 bits per heavy atom. The zero-order chi connectivity index (χ0) is 18.1. The Labute approximate surface area is 143 Å². The number of esters is 2. The van der Waals surface area contributed by atoms with Gasteiger partial charge in [0.25, 0.3) is 0 Å². The molecule has 1 heterocycles. The quantitative estimate of drug-likeness (QED) is 0.615. The predicted octanol–water partition coefficient (Wildman–Crippen LogP) is 3.33. The summed E-state index contributed by atoms with van der Waals surface area (Å²) in [5.74, 6) is 0.159. The minimum atomic E-state index is -0.461. The standard InChI is InChI=1S/C18H15NO6/c1-10(20)19-15-6-4-13(23-11(2)21)8-17(15)25-18-9-14(24-12(3)22)5-7-16(18)19/h4-9H,1-3H3. The van der Waals surface area contributed by atoms with E-state index in [1.807, 2.05) is 0 Å². The zero-order valence-electron chi connectivity index (χ0n) is 13.9. The third kappa shape index (κ3) is 3.30. The minimum Gasteiger partial charge on any atom is -0.453 e. The number of hydrogen-bond acceptors (Lipinski definition) is 6. The number of carbonyl (C=O) groups excluding carboxylic acids is 3. The number of anilines is 2. The van der Waals surface area contributed by atoms with Crippen LogP contribution in [-0.2, 0) is 14.4 Å². The number of amides is 1. The fourth-order valence-electron chi connectivity index (χ4n) is 2.57. The van der Waals surface area contributed by atoms with Crippen molar-refractivity contribution in [1.82, 2.24) is 0 Å². The highest BCUT2D eigenvalue weighted by Gasteiger charge is 2.28. The van der Waals surface area contributed by atoms with Crippen LogP contribution < -0.4 is 19.1 Å². The number of ether oxygens (including phenoxy) is 3. The van der Waals surface area contributed by atoms with Crippen molar-refractivity contribution in [2.75, 3.05) is 4.90 Å². The molecule has 7 heteroatoms. The molecule has 2 aromatic carbocycles. The first kappa shape index (κ1) is 16.5. The fraction of sp³-hybridized carbons (Fsp3) is 0.167. The molecule has 128 valence electrons. The SMILES string of the molecule is CC(=O)Oc1ccc2c(c1)Oc1cc(OC(C)=O)ccc1N2C(C)=O. The van der Waals surface area contributed by atoms with E-state index in [1.54, 1.807) is 24.3 Å². The van der Waals surface area contributed by atoms with Crippen molar-refractivity contribution in [2.24, 2.45) is 0 Å². The first-order valence-corrected chi connectivity index (χ1v) is 7.48. The average Bonchev–Trinajstić information content (AvgIpc) is 2.50. The van der Waals surface area contributed by atoms with Crippen molar-refractivity contribution in [2.45, 2.75) is 20.8 Å². The average molecular weight is 341 g/mol. The first-order valence-electron chi connectivity index (χ1n) is 7.48. The summed E-state index contributed by atoms with van der Waals surface area (Å²) in [6.45, 7) is 4.02. The number of benzene rings is 2. The molecule has 0 saturated carbocycles. The molecule has 0 aliphatic carbocycles. The molecule has 1 amide bonds. The zero-order valence-corrected chi connectivity index (χ0v) is 13.9. The molecule has 0 aromatic heterocycles. The molecular weight excluding hydrogens is 326 g/mol. The van der Waals surface area contributed by atoms with Gasteiger partial charge >= 0.3 is 11.9 Å². The molecule has 0 fully saturated rings. The summed E-state index contributed by atoms with van der Waals surface area (Å²) in [5, 5.41) is 0. The Morgan fingerprint density at radius 2 is 1.24 bits per heavy atom. The van der Waals surface area contributed by atoms with Crippen LogP contribution in [0.4, 0.5) is 11.4 Å². The van der Waals surface area contributed by atoms with Crippen molar-refractivity contribution in [3.63, 3.8) is 0 Å². The van der Waals surface area contributed by atoms with Gasteiger partial charge in [0.15, 0.2) is 11.5 Å². The third-order valence-corrected chi connectivity index (χ3v) is 3.40. The fourth-order valence-corrected chi connectivity index (χ4v) is 2.57. The number of nitrogens with zero attached hydrogens (tertiary/aromatic N) is 1. The van der Waals surface area contributed by atoms with Crippen LogP contribution in [0.3, 0.4) is 0 Å². The normalized spacial score (nSPS) is 11.7. The van der Waals surface area contributed by atoms with Crippen LogP contribution in [-0.4, -0.2) is 17.8 Å². The predicted molar refractivity (Wildman–Crippen MR) is 88.4 cm³/mol. The Bertz CT molecular complexity index is 824. The summed E-state index contributed by atoms with van der Waals surface area (Å²) in [5.41, 5.74) is 1.05. The lowest BCUT2D eigenvalue weighted by Gasteiger charge is -2.30. The lowest BCUT2D eigenvalue weighted by molar-refractivity contribution is -0.132. The van der Waals surface area contributed by atoms with Crippen molar-refractivity contribution < 1.29 is 28.6 Å². The van der Waals surface area contributed by atoms with E-state index in [1.165, 1.54) is 37.8 Å². The summed E-state index contributed by atoms with van der Waals surface area (Å²) in [4.78, 5) is 35.9. The van der Waals surface area contributed by atoms with E-state index >= 15 is 0 Å². The molecule has 0 N–H and O–H groups in total. The van der Waals surface area contributed by atoms with E-state index in [9.17, 15) is 14.4 Å². The minimum absolute atomic E-state index is 0.216. The summed E-state index contributed by atoms with van der Waals surface area (Å²) >= 11 is 0. The third-order valence-electron chi connectivity index (χ3n) is 3.40. The van der Waals surface area contributed by atoms with Gasteiger partial charge in [0.2, 0.25) is 5.91 Å². The number of rotatable bonds is 2. The summed E-state index contributed by atoms with van der Waals surface area (Å²) in [7, 11) is 0. The molecule has 25 heavy (non-hydrogen) atoms. The highest BCUT2D eigenvalue weighted by atomic mass is 16.5. The smallest absolute Gasteiger partial charge is 0.308 e. The van der Waals surface area contributed by atoms with Crippen LogP contribution in [0.1, 0.15) is 20.8 Å². The summed E-state index contributed by atoms with van der Waals surface area (Å²) < 4.78 is 15.9. The molecule has 0 spiro atoms. The molecular formula is C18H15NO6. The van der Waals surface area contributed by atoms with Crippen LogP contribution >= 0.6 is 0 Å². The molecule has 0 saturated heterocycles. The first-order chi connectivity index (χ1) is 11.8. The molecule has 7 nitrogen and oxygen atoms in total. The van der Waals surface area contributed by atoms with Gasteiger partial charge in [0.1, 0.15) is 11.5 Å². The van der Waals surface area contributed by atoms with E-state index in [0.29, 0.717) is 34.4 Å². The van der Waals surface area contributed by atoms with E-state index in [4.69, 9.17) is 14.2 Å². The van der Waals surface area contributed by atoms with Crippen molar-refractivity contribution in [3.05, 3.63) is 36.4 Å². The van der Waals surface area contributed by atoms with E-state index in [0.717, 1.165) is 0 Å². The van der Waals surface area contributed by atoms with Gasteiger partial charge in [-0.15, -0.1) is 0 Å². The lowest BCUT2D eigenvalue weighted by atomic mass is 10.1. The Kier molecular flexibility index (Phi) is 4.14. The molecule has 0 unspecified atom stereocenters. The van der Waals surface area contributed by atoms with Gasteiger partial charge < -0.3 is 14.2 Å². The molecule has 1 aliphatic heterocycles. The second kappa shape index (κ2) is 6.27. The largest absolute Gasteiger partial charge is 0.453 e. The van der Waals surface area contributed by atoms with Crippen molar-refractivity contribution in [3.8, 4) is 23.0 Å². The Morgan fingerprint density at radius 1 is 0.800 bits per heavy atom. The van der Waals surface area contributed by atoms with Crippen molar-refractivity contribution in [1.29, 1.82) is 0 Å². The second-order valence-corrected chi connectivity index (χ2v) is 5.40. The Balaban J connectivity index is 2.06. The molecule has 0 bridgehead atoms. The van der Waals surface area contributed by atoms with Crippen LogP contribution in [0.25, 0.3) is 0 Å². The van der Waals surface area contributed by atoms with Gasteiger partial charge in [-0.05, 0) is 24.3 Å². The van der Waals surface area contributed by atoms with Crippen LogP contribution in [0.2, 0.25) is 0 Å². The van der Waals surface area contributed by atoms with Crippen LogP contribution in [0.15, 0.2) is 36.4 Å². The lowest BCUT2D eigenvalue weighted by Crippen LogP contribution is -2.26.